The molecule has 0 radical (unpaired) electrons. The molecular weight excluding hydrogens is 250 g/mol. The lowest BCUT2D eigenvalue weighted by Crippen LogP contribution is -2.30. The van der Waals surface area contributed by atoms with Crippen LogP contribution in [-0.4, -0.2) is 14.8 Å². The van der Waals surface area contributed by atoms with Crippen LogP contribution < -0.4 is 11.3 Å². The van der Waals surface area contributed by atoms with Gasteiger partial charge < -0.3 is 0 Å². The van der Waals surface area contributed by atoms with E-state index in [1.165, 1.54) is 0 Å². The highest BCUT2D eigenvalue weighted by Crippen LogP contribution is 2.24. The van der Waals surface area contributed by atoms with E-state index in [1.54, 1.807) is 12.4 Å². The van der Waals surface area contributed by atoms with Crippen molar-refractivity contribution in [2.24, 2.45) is 5.84 Å². The molecule has 0 aliphatic rings. The molecule has 0 fully saturated rings. The molecule has 5 heteroatoms. The number of pyridine rings is 1. The number of hydrogen-bond acceptors (Lipinski definition) is 4. The largest absolute Gasteiger partial charge is 0.271 e. The molecule has 0 saturated carbocycles. The fraction of sp³-hybridized carbons (Fsp3) is 0.200. The van der Waals surface area contributed by atoms with Crippen LogP contribution in [0.15, 0.2) is 48.8 Å². The highest BCUT2D eigenvalue weighted by molar-refractivity contribution is 5.79. The van der Waals surface area contributed by atoms with E-state index in [-0.39, 0.29) is 6.04 Å². The van der Waals surface area contributed by atoms with Gasteiger partial charge in [0.1, 0.15) is 0 Å². The van der Waals surface area contributed by atoms with Gasteiger partial charge in [0.2, 0.25) is 0 Å². The molecule has 1 unspecified atom stereocenters. The predicted octanol–water partition coefficient (Wildman–Crippen LogP) is 2.00. The Morgan fingerprint density at radius 1 is 1.25 bits per heavy atom. The summed E-state index contributed by atoms with van der Waals surface area (Å²) in [5.41, 5.74) is 6.02. The number of aromatic nitrogens is 3. The second-order valence-electron chi connectivity index (χ2n) is 4.63. The maximum Gasteiger partial charge on any atom is 0.0878 e. The lowest BCUT2D eigenvalue weighted by Gasteiger charge is -2.18. The molecule has 5 nitrogen and oxygen atoms in total. The lowest BCUT2D eigenvalue weighted by molar-refractivity contribution is 0.544. The van der Waals surface area contributed by atoms with Crippen LogP contribution in [-0.2, 0) is 6.54 Å². The highest BCUT2D eigenvalue weighted by atomic mass is 15.3. The zero-order valence-corrected chi connectivity index (χ0v) is 11.3. The molecule has 0 bridgehead atoms. The minimum absolute atomic E-state index is 0.0814. The van der Waals surface area contributed by atoms with E-state index in [9.17, 15) is 0 Å². The molecule has 2 heterocycles. The van der Waals surface area contributed by atoms with Crippen molar-refractivity contribution in [2.75, 3.05) is 0 Å². The first-order valence-electron chi connectivity index (χ1n) is 6.66. The second-order valence-corrected chi connectivity index (χ2v) is 4.63. The maximum atomic E-state index is 5.76. The molecule has 0 amide bonds. The summed E-state index contributed by atoms with van der Waals surface area (Å²) in [5.74, 6) is 5.76. The van der Waals surface area contributed by atoms with E-state index in [0.29, 0.717) is 0 Å². The number of hydrogen-bond donors (Lipinski definition) is 2. The fourth-order valence-electron chi connectivity index (χ4n) is 2.48. The Labute approximate surface area is 117 Å². The Kier molecular flexibility index (Phi) is 3.45. The third-order valence-corrected chi connectivity index (χ3v) is 3.47. The van der Waals surface area contributed by atoms with Crippen molar-refractivity contribution >= 4 is 10.9 Å². The maximum absolute atomic E-state index is 5.76. The van der Waals surface area contributed by atoms with Gasteiger partial charge in [0.05, 0.1) is 17.3 Å². The highest BCUT2D eigenvalue weighted by Gasteiger charge is 2.16. The third-order valence-electron chi connectivity index (χ3n) is 3.47. The topological polar surface area (TPSA) is 68.8 Å². The van der Waals surface area contributed by atoms with Gasteiger partial charge in [-0.15, -0.1) is 0 Å². The van der Waals surface area contributed by atoms with Gasteiger partial charge in [-0.1, -0.05) is 12.1 Å². The molecule has 0 aliphatic heterocycles. The summed E-state index contributed by atoms with van der Waals surface area (Å²) >= 11 is 0. The number of benzene rings is 1. The lowest BCUT2D eigenvalue weighted by atomic mass is 10.0. The fourth-order valence-corrected chi connectivity index (χ4v) is 2.48. The van der Waals surface area contributed by atoms with Crippen LogP contribution in [0.4, 0.5) is 0 Å². The SMILES string of the molecule is CCn1nccc1C(NN)c1ccc2ncccc2c1. The summed E-state index contributed by atoms with van der Waals surface area (Å²) < 4.78 is 1.94. The smallest absolute Gasteiger partial charge is 0.0878 e. The molecule has 3 N–H and O–H groups in total. The summed E-state index contributed by atoms with van der Waals surface area (Å²) in [6, 6.07) is 12.1. The minimum Gasteiger partial charge on any atom is -0.271 e. The van der Waals surface area contributed by atoms with E-state index in [2.05, 4.69) is 34.6 Å². The zero-order valence-electron chi connectivity index (χ0n) is 11.3. The minimum atomic E-state index is -0.0814. The van der Waals surface area contributed by atoms with E-state index in [4.69, 9.17) is 5.84 Å². The quantitative estimate of drug-likeness (QED) is 0.560. The first-order valence-corrected chi connectivity index (χ1v) is 6.66. The monoisotopic (exact) mass is 267 g/mol. The Bertz CT molecular complexity index is 719. The van der Waals surface area contributed by atoms with Crippen LogP contribution in [0.5, 0.6) is 0 Å². The average molecular weight is 267 g/mol. The molecule has 3 rings (SSSR count). The van der Waals surface area contributed by atoms with Crippen molar-refractivity contribution in [3.05, 3.63) is 60.0 Å². The summed E-state index contributed by atoms with van der Waals surface area (Å²) in [4.78, 5) is 4.33. The van der Waals surface area contributed by atoms with Crippen LogP contribution in [0.1, 0.15) is 24.2 Å². The van der Waals surface area contributed by atoms with Crippen molar-refractivity contribution in [3.8, 4) is 0 Å². The van der Waals surface area contributed by atoms with Crippen molar-refractivity contribution in [1.82, 2.24) is 20.2 Å². The van der Waals surface area contributed by atoms with E-state index in [0.717, 1.165) is 28.7 Å². The summed E-state index contributed by atoms with van der Waals surface area (Å²) in [6.07, 6.45) is 3.60. The van der Waals surface area contributed by atoms with Crippen LogP contribution in [0.3, 0.4) is 0 Å². The molecule has 0 spiro atoms. The van der Waals surface area contributed by atoms with E-state index in [1.807, 2.05) is 28.9 Å². The Balaban J connectivity index is 2.07. The van der Waals surface area contributed by atoms with Crippen LogP contribution >= 0.6 is 0 Å². The Morgan fingerprint density at radius 2 is 2.15 bits per heavy atom. The van der Waals surface area contributed by atoms with Gasteiger partial charge in [0.25, 0.3) is 0 Å². The number of fused-ring (bicyclic) bond motifs is 1. The van der Waals surface area contributed by atoms with Crippen LogP contribution in [0.25, 0.3) is 10.9 Å². The van der Waals surface area contributed by atoms with Crippen molar-refractivity contribution in [1.29, 1.82) is 0 Å². The number of aryl methyl sites for hydroxylation is 1. The standard InChI is InChI=1S/C15H17N5/c1-2-20-14(7-9-18-20)15(19-16)12-5-6-13-11(10-12)4-3-8-17-13/h3-10,15,19H,2,16H2,1H3. The number of nitrogens with one attached hydrogen (secondary N) is 1. The molecule has 1 aromatic carbocycles. The summed E-state index contributed by atoms with van der Waals surface area (Å²) in [7, 11) is 0. The van der Waals surface area contributed by atoms with E-state index < -0.39 is 0 Å². The number of nitrogens with two attached hydrogens (primary N) is 1. The van der Waals surface area contributed by atoms with Gasteiger partial charge in [-0.05, 0) is 36.8 Å². The second kappa shape index (κ2) is 5.40. The first kappa shape index (κ1) is 12.8. The Hall–Kier alpha value is -2.24. The van der Waals surface area contributed by atoms with Crippen molar-refractivity contribution < 1.29 is 0 Å². The molecule has 1 atom stereocenters. The van der Waals surface area contributed by atoms with Gasteiger partial charge in [-0.3, -0.25) is 15.5 Å². The number of nitrogens with zero attached hydrogens (tertiary/aromatic N) is 3. The summed E-state index contributed by atoms with van der Waals surface area (Å²) in [6.45, 7) is 2.88. The molecule has 3 aromatic rings. The van der Waals surface area contributed by atoms with Gasteiger partial charge in [0.15, 0.2) is 0 Å². The predicted molar refractivity (Wildman–Crippen MR) is 78.8 cm³/mol. The third kappa shape index (κ3) is 2.17. The van der Waals surface area contributed by atoms with E-state index >= 15 is 0 Å². The molecule has 102 valence electrons. The van der Waals surface area contributed by atoms with Gasteiger partial charge in [0, 0.05) is 24.3 Å². The summed E-state index contributed by atoms with van der Waals surface area (Å²) in [5, 5.41) is 5.40. The number of rotatable bonds is 4. The zero-order chi connectivity index (χ0) is 13.9. The van der Waals surface area contributed by atoms with Crippen molar-refractivity contribution in [3.63, 3.8) is 0 Å². The molecule has 0 saturated heterocycles. The van der Waals surface area contributed by atoms with Gasteiger partial charge >= 0.3 is 0 Å². The molecule has 20 heavy (non-hydrogen) atoms. The van der Waals surface area contributed by atoms with Gasteiger partial charge in [-0.2, -0.15) is 5.10 Å². The van der Waals surface area contributed by atoms with Gasteiger partial charge in [-0.25, -0.2) is 5.43 Å². The molecular formula is C15H17N5. The molecule has 2 aromatic heterocycles. The number of hydrazine groups is 1. The van der Waals surface area contributed by atoms with Crippen molar-refractivity contribution in [2.45, 2.75) is 19.5 Å². The Morgan fingerprint density at radius 3 is 2.95 bits per heavy atom. The normalized spacial score (nSPS) is 12.7. The first-order chi connectivity index (χ1) is 9.83. The average Bonchev–Trinajstić information content (AvgIpc) is 2.96. The molecule has 0 aliphatic carbocycles. The van der Waals surface area contributed by atoms with Crippen LogP contribution in [0, 0.1) is 0 Å². The van der Waals surface area contributed by atoms with Crippen LogP contribution in [0.2, 0.25) is 0 Å².